The molecule has 0 atom stereocenters. The molecule has 0 saturated heterocycles. The molecule has 0 saturated carbocycles. The first-order valence-electron chi connectivity index (χ1n) is 9.92. The monoisotopic (exact) mass is 465 g/mol. The molecule has 4 rings (SSSR count). The fourth-order valence-electron chi connectivity index (χ4n) is 2.89. The number of para-hydroxylation sites is 2. The maximum Gasteiger partial charge on any atom is 0.338 e. The Bertz CT molecular complexity index is 1240. The lowest BCUT2D eigenvalue weighted by molar-refractivity contribution is -0.123. The number of amides is 3. The molecule has 2 aromatic carbocycles. The summed E-state index contributed by atoms with van der Waals surface area (Å²) >= 11 is 1.34. The normalized spacial score (nSPS) is 10.7. The number of ether oxygens (including phenoxy) is 1. The Kier molecular flexibility index (Phi) is 7.06. The number of fused-ring (bicyclic) bond motifs is 1. The highest BCUT2D eigenvalue weighted by Gasteiger charge is 2.16. The van der Waals surface area contributed by atoms with E-state index in [2.05, 4.69) is 15.6 Å². The lowest BCUT2D eigenvalue weighted by Crippen LogP contribution is -2.41. The van der Waals surface area contributed by atoms with Crippen LogP contribution in [0.4, 0.5) is 4.79 Å². The number of furan rings is 1. The van der Waals surface area contributed by atoms with Crippen molar-refractivity contribution in [3.8, 4) is 0 Å². The molecule has 0 radical (unpaired) electrons. The first-order chi connectivity index (χ1) is 16.1. The van der Waals surface area contributed by atoms with E-state index < -0.39 is 24.5 Å². The van der Waals surface area contributed by atoms with E-state index in [1.54, 1.807) is 36.4 Å². The van der Waals surface area contributed by atoms with Crippen molar-refractivity contribution in [2.75, 3.05) is 6.61 Å². The standard InChI is InChI=1S/C23H19N3O6S/c27-20(26-22(29)24-12-16-7-5-11-30-16)13-31-21(28)17-8-2-1-6-15(17)14-33-23-25-18-9-3-4-10-19(18)32-23/h1-11H,12-14H2,(H2,24,26,27,29). The Hall–Kier alpha value is -4.05. The molecule has 0 spiro atoms. The van der Waals surface area contributed by atoms with Crippen molar-refractivity contribution in [2.45, 2.75) is 17.5 Å². The summed E-state index contributed by atoms with van der Waals surface area (Å²) in [5, 5.41) is 5.04. The van der Waals surface area contributed by atoms with Crippen LogP contribution >= 0.6 is 11.8 Å². The molecule has 168 valence electrons. The van der Waals surface area contributed by atoms with Gasteiger partial charge in [0.25, 0.3) is 11.1 Å². The highest BCUT2D eigenvalue weighted by molar-refractivity contribution is 7.98. The summed E-state index contributed by atoms with van der Waals surface area (Å²) in [7, 11) is 0. The van der Waals surface area contributed by atoms with E-state index in [1.165, 1.54) is 18.0 Å². The van der Waals surface area contributed by atoms with Gasteiger partial charge >= 0.3 is 12.0 Å². The van der Waals surface area contributed by atoms with Gasteiger partial charge in [-0.15, -0.1) is 0 Å². The molecule has 0 aliphatic carbocycles. The van der Waals surface area contributed by atoms with Crippen molar-refractivity contribution >= 4 is 40.8 Å². The van der Waals surface area contributed by atoms with Gasteiger partial charge in [0.2, 0.25) is 0 Å². The van der Waals surface area contributed by atoms with Crippen LogP contribution in [0.2, 0.25) is 0 Å². The minimum atomic E-state index is -0.751. The predicted octanol–water partition coefficient (Wildman–Crippen LogP) is 3.90. The van der Waals surface area contributed by atoms with Crippen molar-refractivity contribution in [1.82, 2.24) is 15.6 Å². The van der Waals surface area contributed by atoms with Gasteiger partial charge in [0.05, 0.1) is 18.4 Å². The van der Waals surface area contributed by atoms with Crippen LogP contribution < -0.4 is 10.6 Å². The first kappa shape index (κ1) is 22.2. The molecule has 9 nitrogen and oxygen atoms in total. The van der Waals surface area contributed by atoms with Crippen LogP contribution in [0.15, 0.2) is 81.0 Å². The summed E-state index contributed by atoms with van der Waals surface area (Å²) in [6.45, 7) is -0.476. The summed E-state index contributed by atoms with van der Waals surface area (Å²) in [4.78, 5) is 40.6. The summed E-state index contributed by atoms with van der Waals surface area (Å²) in [5.41, 5.74) is 2.46. The lowest BCUT2D eigenvalue weighted by atomic mass is 10.1. The third-order valence-electron chi connectivity index (χ3n) is 4.45. The molecule has 0 unspecified atom stereocenters. The number of aromatic nitrogens is 1. The van der Waals surface area contributed by atoms with Crippen molar-refractivity contribution < 1.29 is 28.0 Å². The summed E-state index contributed by atoms with van der Waals surface area (Å²) in [6, 6.07) is 17.0. The average molecular weight is 465 g/mol. The van der Waals surface area contributed by atoms with Crippen LogP contribution in [0, 0.1) is 0 Å². The minimum Gasteiger partial charge on any atom is -0.467 e. The molecule has 0 fully saturated rings. The number of carbonyl (C=O) groups is 3. The molecule has 4 aromatic rings. The number of hydrogen-bond donors (Lipinski definition) is 2. The van der Waals surface area contributed by atoms with Gasteiger partial charge in [0.1, 0.15) is 11.3 Å². The third kappa shape index (κ3) is 6.01. The molecule has 2 aromatic heterocycles. The molecular formula is C23H19N3O6S. The second-order valence-corrected chi connectivity index (χ2v) is 7.71. The van der Waals surface area contributed by atoms with Gasteiger partial charge in [-0.25, -0.2) is 14.6 Å². The molecule has 33 heavy (non-hydrogen) atoms. The zero-order chi connectivity index (χ0) is 23.0. The average Bonchev–Trinajstić information content (AvgIpc) is 3.49. The van der Waals surface area contributed by atoms with Gasteiger partial charge in [0, 0.05) is 5.75 Å². The fraction of sp³-hybridized carbons (Fsp3) is 0.130. The number of rotatable bonds is 8. The van der Waals surface area contributed by atoms with Gasteiger partial charge in [-0.05, 0) is 35.9 Å². The number of esters is 1. The van der Waals surface area contributed by atoms with Crippen LogP contribution in [-0.2, 0) is 21.8 Å². The maximum atomic E-state index is 12.5. The highest BCUT2D eigenvalue weighted by Crippen LogP contribution is 2.27. The number of thioether (sulfide) groups is 1. The summed E-state index contributed by atoms with van der Waals surface area (Å²) in [6.07, 6.45) is 1.48. The molecule has 0 bridgehead atoms. The number of carbonyl (C=O) groups excluding carboxylic acids is 3. The largest absolute Gasteiger partial charge is 0.467 e. The zero-order valence-electron chi connectivity index (χ0n) is 17.3. The van der Waals surface area contributed by atoms with Crippen molar-refractivity contribution in [3.63, 3.8) is 0 Å². The number of nitrogens with one attached hydrogen (secondary N) is 2. The van der Waals surface area contributed by atoms with Gasteiger partial charge in [0.15, 0.2) is 12.2 Å². The maximum absolute atomic E-state index is 12.5. The van der Waals surface area contributed by atoms with Crippen LogP contribution in [0.3, 0.4) is 0 Å². The first-order valence-corrected chi connectivity index (χ1v) is 10.9. The van der Waals surface area contributed by atoms with E-state index in [-0.39, 0.29) is 6.54 Å². The fourth-order valence-corrected chi connectivity index (χ4v) is 3.74. The molecule has 2 N–H and O–H groups in total. The summed E-state index contributed by atoms with van der Waals surface area (Å²) in [5.74, 6) is -0.468. The number of nitrogens with zero attached hydrogens (tertiary/aromatic N) is 1. The molecule has 2 heterocycles. The van der Waals surface area contributed by atoms with E-state index >= 15 is 0 Å². The van der Waals surface area contributed by atoms with E-state index in [0.29, 0.717) is 33.4 Å². The van der Waals surface area contributed by atoms with Gasteiger partial charge in [-0.1, -0.05) is 42.1 Å². The number of imide groups is 1. The van der Waals surface area contributed by atoms with Gasteiger partial charge in [-0.2, -0.15) is 0 Å². The highest BCUT2D eigenvalue weighted by atomic mass is 32.2. The van der Waals surface area contributed by atoms with E-state index in [1.807, 2.05) is 24.3 Å². The number of benzene rings is 2. The summed E-state index contributed by atoms with van der Waals surface area (Å²) < 4.78 is 15.9. The lowest BCUT2D eigenvalue weighted by Gasteiger charge is -2.09. The van der Waals surface area contributed by atoms with Gasteiger partial charge in [-0.3, -0.25) is 10.1 Å². The van der Waals surface area contributed by atoms with Crippen LogP contribution in [-0.4, -0.2) is 29.5 Å². The number of oxazole rings is 1. The van der Waals surface area contributed by atoms with Crippen molar-refractivity contribution in [2.24, 2.45) is 0 Å². The van der Waals surface area contributed by atoms with Gasteiger partial charge < -0.3 is 18.9 Å². The Morgan fingerprint density at radius 1 is 1.00 bits per heavy atom. The second kappa shape index (κ2) is 10.5. The van der Waals surface area contributed by atoms with E-state index in [4.69, 9.17) is 13.6 Å². The molecule has 0 aliphatic rings. The van der Waals surface area contributed by atoms with Crippen molar-refractivity contribution in [1.29, 1.82) is 0 Å². The second-order valence-electron chi connectivity index (χ2n) is 6.78. The Morgan fingerprint density at radius 3 is 2.64 bits per heavy atom. The third-order valence-corrected chi connectivity index (χ3v) is 5.33. The SMILES string of the molecule is O=C(COC(=O)c1ccccc1CSc1nc2ccccc2o1)NC(=O)NCc1ccco1. The Labute approximate surface area is 192 Å². The molecule has 10 heteroatoms. The van der Waals surface area contributed by atoms with Crippen LogP contribution in [0.25, 0.3) is 11.1 Å². The van der Waals surface area contributed by atoms with Crippen LogP contribution in [0.5, 0.6) is 0 Å². The van der Waals surface area contributed by atoms with E-state index in [0.717, 1.165) is 5.52 Å². The minimum absolute atomic E-state index is 0.122. The number of hydrogen-bond acceptors (Lipinski definition) is 8. The quantitative estimate of drug-likeness (QED) is 0.297. The Morgan fingerprint density at radius 2 is 1.82 bits per heavy atom. The topological polar surface area (TPSA) is 124 Å². The Balaban J connectivity index is 1.28. The smallest absolute Gasteiger partial charge is 0.338 e. The number of urea groups is 1. The van der Waals surface area contributed by atoms with Crippen LogP contribution in [0.1, 0.15) is 21.7 Å². The molecule has 3 amide bonds. The predicted molar refractivity (Wildman–Crippen MR) is 119 cm³/mol. The van der Waals surface area contributed by atoms with Crippen molar-refractivity contribution in [3.05, 3.63) is 83.8 Å². The zero-order valence-corrected chi connectivity index (χ0v) is 18.1. The van der Waals surface area contributed by atoms with E-state index in [9.17, 15) is 14.4 Å². The molecular weight excluding hydrogens is 446 g/mol. The molecule has 0 aliphatic heterocycles.